The maximum Gasteiger partial charge on any atom is 0.303 e. The summed E-state index contributed by atoms with van der Waals surface area (Å²) in [4.78, 5) is 30.7. The van der Waals surface area contributed by atoms with Crippen molar-refractivity contribution < 1.29 is 19.1 Å². The van der Waals surface area contributed by atoms with Gasteiger partial charge in [-0.15, -0.1) is 12.4 Å². The van der Waals surface area contributed by atoms with Crippen molar-refractivity contribution in [3.8, 4) is 22.9 Å². The molecule has 0 radical (unpaired) electrons. The van der Waals surface area contributed by atoms with Gasteiger partial charge in [-0.1, -0.05) is 23.2 Å². The maximum atomic E-state index is 11.1. The SMILES string of the molecule is Cl.O=C(O)CC1CCN(Cc2cc(Oc3cnc(NCc4ncco4)nc3)nc(-c3cc(Cl)cc(Cl)c3)c2)CC1. The number of carboxylic acids is 1. The zero-order chi connectivity index (χ0) is 27.2. The Morgan fingerprint density at radius 3 is 2.45 bits per heavy atom. The summed E-state index contributed by atoms with van der Waals surface area (Å²) in [6.45, 7) is 2.67. The van der Waals surface area contributed by atoms with Gasteiger partial charge in [0.15, 0.2) is 5.75 Å². The second-order valence-corrected chi connectivity index (χ2v) is 10.2. The quantitative estimate of drug-likeness (QED) is 0.211. The van der Waals surface area contributed by atoms with Crippen LogP contribution in [0.3, 0.4) is 0 Å². The summed E-state index contributed by atoms with van der Waals surface area (Å²) in [6.07, 6.45) is 8.12. The number of aromatic nitrogens is 4. The molecular weight excluding hydrogens is 579 g/mol. The minimum Gasteiger partial charge on any atom is -0.481 e. The van der Waals surface area contributed by atoms with Crippen LogP contribution in [0.1, 0.15) is 30.7 Å². The highest BCUT2D eigenvalue weighted by molar-refractivity contribution is 6.35. The summed E-state index contributed by atoms with van der Waals surface area (Å²) < 4.78 is 11.3. The third kappa shape index (κ3) is 8.28. The van der Waals surface area contributed by atoms with Gasteiger partial charge in [-0.2, -0.15) is 0 Å². The third-order valence-electron chi connectivity index (χ3n) is 6.33. The predicted molar refractivity (Wildman–Crippen MR) is 153 cm³/mol. The Morgan fingerprint density at radius 1 is 1.07 bits per heavy atom. The maximum absolute atomic E-state index is 11.1. The molecule has 1 aliphatic rings. The number of rotatable bonds is 10. The van der Waals surface area contributed by atoms with Crippen LogP contribution in [0.2, 0.25) is 10.0 Å². The second-order valence-electron chi connectivity index (χ2n) is 9.30. The summed E-state index contributed by atoms with van der Waals surface area (Å²) in [5.41, 5.74) is 2.42. The van der Waals surface area contributed by atoms with Crippen LogP contribution in [-0.4, -0.2) is 49.0 Å². The zero-order valence-electron chi connectivity index (χ0n) is 21.3. The number of aliphatic carboxylic acids is 1. The number of hydrogen-bond donors (Lipinski definition) is 2. The van der Waals surface area contributed by atoms with Crippen LogP contribution in [0.5, 0.6) is 11.6 Å². The molecular formula is C27H27Cl3N6O4. The highest BCUT2D eigenvalue weighted by atomic mass is 35.5. The molecule has 1 fully saturated rings. The first-order valence-corrected chi connectivity index (χ1v) is 13.2. The van der Waals surface area contributed by atoms with Crippen LogP contribution >= 0.6 is 35.6 Å². The van der Waals surface area contributed by atoms with Gasteiger partial charge in [0.25, 0.3) is 0 Å². The van der Waals surface area contributed by atoms with Crippen molar-refractivity contribution >= 4 is 47.5 Å². The van der Waals surface area contributed by atoms with Gasteiger partial charge in [0.2, 0.25) is 17.7 Å². The molecule has 3 aromatic heterocycles. The molecule has 1 saturated heterocycles. The number of nitrogens with one attached hydrogen (secondary N) is 1. The molecule has 0 saturated carbocycles. The molecule has 10 nitrogen and oxygen atoms in total. The number of nitrogens with zero attached hydrogens (tertiary/aromatic N) is 5. The first kappa shape index (κ1) is 29.5. The van der Waals surface area contributed by atoms with Gasteiger partial charge in [0.05, 0.1) is 30.8 Å². The van der Waals surface area contributed by atoms with Crippen LogP contribution in [0.25, 0.3) is 11.3 Å². The lowest BCUT2D eigenvalue weighted by Gasteiger charge is -2.31. The number of oxazole rings is 1. The van der Waals surface area contributed by atoms with E-state index in [0.717, 1.165) is 37.1 Å². The van der Waals surface area contributed by atoms with Crippen molar-refractivity contribution in [3.63, 3.8) is 0 Å². The second kappa shape index (κ2) is 13.8. The van der Waals surface area contributed by atoms with Crippen molar-refractivity contribution in [2.45, 2.75) is 32.4 Å². The Hall–Kier alpha value is -3.44. The number of hydrogen-bond acceptors (Lipinski definition) is 9. The van der Waals surface area contributed by atoms with Gasteiger partial charge in [0.1, 0.15) is 6.26 Å². The Labute approximate surface area is 247 Å². The highest BCUT2D eigenvalue weighted by Gasteiger charge is 2.22. The summed E-state index contributed by atoms with van der Waals surface area (Å²) >= 11 is 12.5. The standard InChI is InChI=1S/C27H26Cl2N6O4.ClH/c28-20-10-19(11-21(29)12-20)23-7-18(16-35-4-1-17(2-5-35)9-26(36)37)8-24(34-23)39-22-13-31-27(32-14-22)33-15-25-30-3-6-38-25;/h3,6-8,10-14,17H,1-2,4-5,9,15-16H2,(H,36,37)(H,31,32,33);1H. The molecule has 210 valence electrons. The molecule has 0 aliphatic carbocycles. The lowest BCUT2D eigenvalue weighted by molar-refractivity contribution is -0.138. The van der Waals surface area contributed by atoms with Crippen LogP contribution in [0, 0.1) is 5.92 Å². The molecule has 0 spiro atoms. The van der Waals surface area contributed by atoms with E-state index in [-0.39, 0.29) is 24.7 Å². The van der Waals surface area contributed by atoms with Gasteiger partial charge in [-0.3, -0.25) is 9.69 Å². The average molecular weight is 606 g/mol. The van der Waals surface area contributed by atoms with E-state index >= 15 is 0 Å². The number of carbonyl (C=O) groups is 1. The fourth-order valence-electron chi connectivity index (χ4n) is 4.48. The molecule has 0 bridgehead atoms. The Morgan fingerprint density at radius 2 is 1.80 bits per heavy atom. The fourth-order valence-corrected chi connectivity index (χ4v) is 5.01. The normalized spacial score (nSPS) is 13.9. The number of likely N-dealkylation sites (tertiary alicyclic amines) is 1. The summed E-state index contributed by atoms with van der Waals surface area (Å²) in [7, 11) is 0. The predicted octanol–water partition coefficient (Wildman–Crippen LogP) is 6.35. The number of carboxylic acid groups (broad SMARTS) is 1. The van der Waals surface area contributed by atoms with Gasteiger partial charge in [-0.25, -0.2) is 19.9 Å². The lowest BCUT2D eigenvalue weighted by atomic mass is 9.93. The topological polar surface area (TPSA) is 126 Å². The molecule has 13 heteroatoms. The van der Waals surface area contributed by atoms with E-state index in [1.807, 2.05) is 12.1 Å². The molecule has 0 unspecified atom stereocenters. The Bertz CT molecular complexity index is 1390. The summed E-state index contributed by atoms with van der Waals surface area (Å²) in [6, 6.07) is 9.15. The van der Waals surface area contributed by atoms with Crippen LogP contribution < -0.4 is 10.1 Å². The van der Waals surface area contributed by atoms with Gasteiger partial charge in [-0.05, 0) is 61.7 Å². The number of halogens is 3. The molecule has 4 aromatic rings. The Kier molecular flexibility index (Phi) is 10.2. The third-order valence-corrected chi connectivity index (χ3v) is 6.76. The summed E-state index contributed by atoms with van der Waals surface area (Å²) in [5.74, 6) is 1.21. The number of ether oxygens (including phenoxy) is 1. The van der Waals surface area contributed by atoms with E-state index in [2.05, 4.69) is 25.2 Å². The molecule has 40 heavy (non-hydrogen) atoms. The average Bonchev–Trinajstić information content (AvgIpc) is 3.42. The molecule has 2 N–H and O–H groups in total. The number of pyridine rings is 1. The van der Waals surface area contributed by atoms with Gasteiger partial charge >= 0.3 is 5.97 Å². The van der Waals surface area contributed by atoms with E-state index in [9.17, 15) is 4.79 Å². The Balaban J connectivity index is 0.00000370. The first-order valence-electron chi connectivity index (χ1n) is 12.4. The molecule has 5 rings (SSSR count). The van der Waals surface area contributed by atoms with E-state index in [1.54, 1.807) is 36.8 Å². The largest absolute Gasteiger partial charge is 0.481 e. The zero-order valence-corrected chi connectivity index (χ0v) is 23.6. The fraction of sp³-hybridized carbons (Fsp3) is 0.296. The molecule has 0 amide bonds. The van der Waals surface area contributed by atoms with Gasteiger partial charge in [0, 0.05) is 34.6 Å². The van der Waals surface area contributed by atoms with Crippen molar-refractivity contribution in [3.05, 3.63) is 76.7 Å². The van der Waals surface area contributed by atoms with E-state index in [1.165, 1.54) is 6.26 Å². The lowest BCUT2D eigenvalue weighted by Crippen LogP contribution is -2.33. The highest BCUT2D eigenvalue weighted by Crippen LogP contribution is 2.31. The molecule has 0 atom stereocenters. The van der Waals surface area contributed by atoms with Crippen molar-refractivity contribution in [1.82, 2.24) is 24.8 Å². The van der Waals surface area contributed by atoms with Crippen LogP contribution in [0.4, 0.5) is 5.95 Å². The number of anilines is 1. The molecule has 1 aliphatic heterocycles. The monoisotopic (exact) mass is 604 g/mol. The minimum absolute atomic E-state index is 0. The van der Waals surface area contributed by atoms with Crippen LogP contribution in [-0.2, 0) is 17.9 Å². The van der Waals surface area contributed by atoms with E-state index in [4.69, 9.17) is 42.4 Å². The first-order chi connectivity index (χ1) is 18.9. The van der Waals surface area contributed by atoms with Crippen LogP contribution in [0.15, 0.2) is 59.6 Å². The van der Waals surface area contributed by atoms with E-state index in [0.29, 0.717) is 52.3 Å². The number of piperidine rings is 1. The van der Waals surface area contributed by atoms with E-state index < -0.39 is 5.97 Å². The smallest absolute Gasteiger partial charge is 0.303 e. The van der Waals surface area contributed by atoms with Crippen molar-refractivity contribution in [2.24, 2.45) is 5.92 Å². The van der Waals surface area contributed by atoms with Gasteiger partial charge < -0.3 is 19.6 Å². The minimum atomic E-state index is -0.739. The van der Waals surface area contributed by atoms with Crippen molar-refractivity contribution in [2.75, 3.05) is 18.4 Å². The molecule has 4 heterocycles. The number of benzene rings is 1. The van der Waals surface area contributed by atoms with Crippen molar-refractivity contribution in [1.29, 1.82) is 0 Å². The molecule has 1 aromatic carbocycles. The summed E-state index contributed by atoms with van der Waals surface area (Å²) in [5, 5.41) is 13.2.